The second-order valence-electron chi connectivity index (χ2n) is 5.75. The highest BCUT2D eigenvalue weighted by Crippen LogP contribution is 2.12. The molecular formula is C17H21N5O2. The molecule has 1 aliphatic rings. The van der Waals surface area contributed by atoms with E-state index in [1.54, 1.807) is 25.4 Å². The summed E-state index contributed by atoms with van der Waals surface area (Å²) in [5, 5.41) is 6.08. The summed E-state index contributed by atoms with van der Waals surface area (Å²) in [5.74, 6) is 0.961. The number of anilines is 1. The van der Waals surface area contributed by atoms with E-state index in [1.165, 1.54) is 0 Å². The molecule has 7 nitrogen and oxygen atoms in total. The maximum Gasteiger partial charge on any atom is 0.270 e. The summed E-state index contributed by atoms with van der Waals surface area (Å²) >= 11 is 0. The summed E-state index contributed by atoms with van der Waals surface area (Å²) in [6.45, 7) is 3.64. The molecule has 2 aromatic heterocycles. The molecule has 3 rings (SSSR count). The third kappa shape index (κ3) is 4.48. The van der Waals surface area contributed by atoms with E-state index in [1.807, 2.05) is 12.1 Å². The normalized spacial score (nSPS) is 16.8. The Morgan fingerprint density at radius 3 is 3.08 bits per heavy atom. The Labute approximate surface area is 140 Å². The number of ether oxygens (including phenoxy) is 1. The Morgan fingerprint density at radius 2 is 2.33 bits per heavy atom. The molecule has 2 aromatic rings. The van der Waals surface area contributed by atoms with Gasteiger partial charge in [0.25, 0.3) is 5.91 Å². The van der Waals surface area contributed by atoms with Crippen LogP contribution in [0.15, 0.2) is 30.6 Å². The molecule has 0 spiro atoms. The number of carbonyl (C=O) groups is 1. The molecule has 24 heavy (non-hydrogen) atoms. The summed E-state index contributed by atoms with van der Waals surface area (Å²) in [6.07, 6.45) is 5.67. The van der Waals surface area contributed by atoms with E-state index in [9.17, 15) is 4.79 Å². The van der Waals surface area contributed by atoms with Crippen LogP contribution in [-0.4, -0.2) is 40.1 Å². The van der Waals surface area contributed by atoms with Crippen molar-refractivity contribution in [3.8, 4) is 0 Å². The zero-order valence-corrected chi connectivity index (χ0v) is 13.7. The Balaban J connectivity index is 1.61. The first-order valence-corrected chi connectivity index (χ1v) is 8.09. The molecule has 0 aliphatic carbocycles. The van der Waals surface area contributed by atoms with Crippen LogP contribution >= 0.6 is 0 Å². The van der Waals surface area contributed by atoms with E-state index in [0.717, 1.165) is 25.0 Å². The van der Waals surface area contributed by atoms with Crippen molar-refractivity contribution in [3.05, 3.63) is 47.7 Å². The maximum absolute atomic E-state index is 12.3. The van der Waals surface area contributed by atoms with Crippen LogP contribution in [0.4, 0.5) is 5.82 Å². The van der Waals surface area contributed by atoms with Gasteiger partial charge in [0, 0.05) is 38.2 Å². The van der Waals surface area contributed by atoms with Crippen molar-refractivity contribution in [3.63, 3.8) is 0 Å². The lowest BCUT2D eigenvalue weighted by Gasteiger charge is -2.12. The lowest BCUT2D eigenvalue weighted by atomic mass is 10.2. The number of rotatable bonds is 6. The second kappa shape index (κ2) is 7.83. The number of hydrogen-bond donors (Lipinski definition) is 2. The molecule has 1 saturated heterocycles. The molecular weight excluding hydrogens is 306 g/mol. The molecule has 7 heteroatoms. The van der Waals surface area contributed by atoms with Gasteiger partial charge in [-0.05, 0) is 31.4 Å². The highest BCUT2D eigenvalue weighted by atomic mass is 16.5. The topological polar surface area (TPSA) is 89.0 Å². The van der Waals surface area contributed by atoms with Gasteiger partial charge in [0.05, 0.1) is 6.10 Å². The van der Waals surface area contributed by atoms with Crippen LogP contribution in [-0.2, 0) is 11.3 Å². The Kier molecular flexibility index (Phi) is 5.32. The van der Waals surface area contributed by atoms with Gasteiger partial charge in [0.1, 0.15) is 17.3 Å². The van der Waals surface area contributed by atoms with Crippen LogP contribution < -0.4 is 10.6 Å². The fourth-order valence-corrected chi connectivity index (χ4v) is 2.57. The molecule has 0 saturated carbocycles. The molecule has 2 N–H and O–H groups in total. The quantitative estimate of drug-likeness (QED) is 0.839. The van der Waals surface area contributed by atoms with E-state index in [0.29, 0.717) is 30.4 Å². The number of hydrogen-bond acceptors (Lipinski definition) is 6. The first kappa shape index (κ1) is 16.3. The zero-order chi connectivity index (χ0) is 16.8. The Morgan fingerprint density at radius 1 is 1.42 bits per heavy atom. The number of aryl methyl sites for hydroxylation is 1. The monoisotopic (exact) mass is 327 g/mol. The fraction of sp³-hybridized carbons (Fsp3) is 0.412. The fourth-order valence-electron chi connectivity index (χ4n) is 2.57. The Hall–Kier alpha value is -2.54. The average molecular weight is 327 g/mol. The molecule has 0 radical (unpaired) electrons. The number of carbonyl (C=O) groups excluding carboxylic acids is 1. The number of nitrogens with zero attached hydrogens (tertiary/aromatic N) is 3. The lowest BCUT2D eigenvalue weighted by Crippen LogP contribution is -2.32. The summed E-state index contributed by atoms with van der Waals surface area (Å²) < 4.78 is 5.51. The summed E-state index contributed by atoms with van der Waals surface area (Å²) in [4.78, 5) is 24.9. The van der Waals surface area contributed by atoms with Crippen LogP contribution in [0.1, 0.15) is 34.7 Å². The van der Waals surface area contributed by atoms with Crippen molar-refractivity contribution in [2.75, 3.05) is 18.5 Å². The third-order valence-electron chi connectivity index (χ3n) is 3.78. The first-order chi connectivity index (χ1) is 11.7. The SMILES string of the molecule is Cc1nc(NCc2cccnc2)cc(C(=O)NCC2CCCO2)n1. The second-order valence-corrected chi connectivity index (χ2v) is 5.75. The standard InChI is InChI=1S/C17H21N5O2/c1-12-21-15(17(23)20-11-14-5-3-7-24-14)8-16(22-12)19-10-13-4-2-6-18-9-13/h2,4,6,8-9,14H,3,5,7,10-11H2,1H3,(H,20,23)(H,19,21,22). The van der Waals surface area contributed by atoms with Crippen LogP contribution in [0.2, 0.25) is 0 Å². The summed E-state index contributed by atoms with van der Waals surface area (Å²) in [5.41, 5.74) is 1.40. The molecule has 1 aliphatic heterocycles. The minimum Gasteiger partial charge on any atom is -0.376 e. The summed E-state index contributed by atoms with van der Waals surface area (Å²) in [6, 6.07) is 5.52. The minimum atomic E-state index is -0.208. The van der Waals surface area contributed by atoms with Crippen LogP contribution in [0.5, 0.6) is 0 Å². The van der Waals surface area contributed by atoms with Gasteiger partial charge in [-0.2, -0.15) is 0 Å². The van der Waals surface area contributed by atoms with Gasteiger partial charge in [-0.1, -0.05) is 6.07 Å². The van der Waals surface area contributed by atoms with E-state index in [4.69, 9.17) is 4.74 Å². The van der Waals surface area contributed by atoms with Crippen molar-refractivity contribution >= 4 is 11.7 Å². The van der Waals surface area contributed by atoms with Gasteiger partial charge in [-0.25, -0.2) is 9.97 Å². The van der Waals surface area contributed by atoms with Crippen molar-refractivity contribution in [1.29, 1.82) is 0 Å². The van der Waals surface area contributed by atoms with Gasteiger partial charge >= 0.3 is 0 Å². The van der Waals surface area contributed by atoms with Crippen molar-refractivity contribution in [2.45, 2.75) is 32.4 Å². The first-order valence-electron chi connectivity index (χ1n) is 8.09. The van der Waals surface area contributed by atoms with E-state index in [-0.39, 0.29) is 12.0 Å². The maximum atomic E-state index is 12.3. The van der Waals surface area contributed by atoms with E-state index >= 15 is 0 Å². The molecule has 1 fully saturated rings. The number of amides is 1. The van der Waals surface area contributed by atoms with Gasteiger partial charge in [-0.3, -0.25) is 9.78 Å². The third-order valence-corrected chi connectivity index (χ3v) is 3.78. The van der Waals surface area contributed by atoms with Crippen molar-refractivity contribution < 1.29 is 9.53 Å². The van der Waals surface area contributed by atoms with Crippen LogP contribution in [0, 0.1) is 6.92 Å². The molecule has 0 bridgehead atoms. The van der Waals surface area contributed by atoms with Crippen molar-refractivity contribution in [2.24, 2.45) is 0 Å². The van der Waals surface area contributed by atoms with Crippen molar-refractivity contribution in [1.82, 2.24) is 20.3 Å². The van der Waals surface area contributed by atoms with Gasteiger partial charge < -0.3 is 15.4 Å². The predicted molar refractivity (Wildman–Crippen MR) is 89.6 cm³/mol. The van der Waals surface area contributed by atoms with Crippen LogP contribution in [0.3, 0.4) is 0 Å². The number of pyridine rings is 1. The molecule has 1 unspecified atom stereocenters. The molecule has 1 amide bonds. The largest absolute Gasteiger partial charge is 0.376 e. The van der Waals surface area contributed by atoms with Gasteiger partial charge in [-0.15, -0.1) is 0 Å². The highest BCUT2D eigenvalue weighted by Gasteiger charge is 2.17. The van der Waals surface area contributed by atoms with E-state index in [2.05, 4.69) is 25.6 Å². The summed E-state index contributed by atoms with van der Waals surface area (Å²) in [7, 11) is 0. The number of nitrogens with one attached hydrogen (secondary N) is 2. The Bertz CT molecular complexity index is 687. The van der Waals surface area contributed by atoms with Gasteiger partial charge in [0.15, 0.2) is 0 Å². The molecule has 1 atom stereocenters. The predicted octanol–water partition coefficient (Wildman–Crippen LogP) is 1.70. The molecule has 0 aromatic carbocycles. The smallest absolute Gasteiger partial charge is 0.270 e. The van der Waals surface area contributed by atoms with Gasteiger partial charge in [0.2, 0.25) is 0 Å². The average Bonchev–Trinajstić information content (AvgIpc) is 3.12. The minimum absolute atomic E-state index is 0.111. The lowest BCUT2D eigenvalue weighted by molar-refractivity contribution is 0.0853. The zero-order valence-electron chi connectivity index (χ0n) is 13.7. The van der Waals surface area contributed by atoms with E-state index < -0.39 is 0 Å². The highest BCUT2D eigenvalue weighted by molar-refractivity contribution is 5.92. The number of aromatic nitrogens is 3. The molecule has 3 heterocycles. The molecule has 126 valence electrons. The van der Waals surface area contributed by atoms with Crippen LogP contribution in [0.25, 0.3) is 0 Å².